The second-order valence-electron chi connectivity index (χ2n) is 6.24. The predicted octanol–water partition coefficient (Wildman–Crippen LogP) is 3.31. The Hall–Kier alpha value is -1.14. The molecule has 2 rings (SSSR count). The normalized spacial score (nSPS) is 16.6. The number of aliphatic hydroxyl groups excluding tert-OH is 2. The Labute approximate surface area is 152 Å². The lowest BCUT2D eigenvalue weighted by Crippen LogP contribution is -2.49. The molecule has 0 saturated carbocycles. The highest BCUT2D eigenvalue weighted by Gasteiger charge is 2.43. The molecule has 132 valence electrons. The zero-order chi connectivity index (χ0) is 17.7. The van der Waals surface area contributed by atoms with Crippen molar-refractivity contribution in [2.75, 3.05) is 6.61 Å². The van der Waals surface area contributed by atoms with E-state index in [2.05, 4.69) is 17.0 Å². The van der Waals surface area contributed by atoms with Gasteiger partial charge in [0.2, 0.25) is 0 Å². The molecule has 2 N–H and O–H groups in total. The van der Waals surface area contributed by atoms with Crippen molar-refractivity contribution in [2.24, 2.45) is 5.92 Å². The highest BCUT2D eigenvalue weighted by atomic mass is 35.5. The number of nitrogens with zero attached hydrogens (tertiary/aromatic N) is 3. The van der Waals surface area contributed by atoms with Crippen molar-refractivity contribution in [2.45, 2.75) is 44.8 Å². The Bertz CT molecular complexity index is 651. The molecule has 3 atom stereocenters. The van der Waals surface area contributed by atoms with Gasteiger partial charge in [0.25, 0.3) is 0 Å². The molecule has 0 aliphatic carbocycles. The van der Waals surface area contributed by atoms with Gasteiger partial charge in [-0.15, -0.1) is 0 Å². The lowest BCUT2D eigenvalue weighted by molar-refractivity contribution is -0.0114. The van der Waals surface area contributed by atoms with E-state index < -0.39 is 11.5 Å². The van der Waals surface area contributed by atoms with Crippen LogP contribution in [-0.2, 0) is 12.0 Å². The summed E-state index contributed by atoms with van der Waals surface area (Å²) in [5, 5.41) is 26.4. The number of aliphatic hydroxyl groups is 2. The van der Waals surface area contributed by atoms with Crippen LogP contribution in [-0.4, -0.2) is 37.7 Å². The molecule has 24 heavy (non-hydrogen) atoms. The van der Waals surface area contributed by atoms with Crippen molar-refractivity contribution >= 4 is 23.2 Å². The van der Waals surface area contributed by atoms with Crippen molar-refractivity contribution in [3.8, 4) is 0 Å². The predicted molar refractivity (Wildman–Crippen MR) is 95.3 cm³/mol. The largest absolute Gasteiger partial charge is 0.395 e. The van der Waals surface area contributed by atoms with Gasteiger partial charge in [0.15, 0.2) is 0 Å². The quantitative estimate of drug-likeness (QED) is 0.746. The lowest BCUT2D eigenvalue weighted by Gasteiger charge is -2.40. The molecular formula is C17H23Cl2N3O2. The summed E-state index contributed by atoms with van der Waals surface area (Å²) >= 11 is 12.4. The minimum Gasteiger partial charge on any atom is -0.395 e. The molecule has 0 fully saturated rings. The highest BCUT2D eigenvalue weighted by molar-refractivity contribution is 6.35. The maximum absolute atomic E-state index is 11.1. The summed E-state index contributed by atoms with van der Waals surface area (Å²) in [6.45, 7) is 4.03. The van der Waals surface area contributed by atoms with E-state index in [-0.39, 0.29) is 19.1 Å². The summed E-state index contributed by atoms with van der Waals surface area (Å²) in [5.74, 6) is -0.0163. The Balaban J connectivity index is 2.53. The molecule has 1 aromatic carbocycles. The van der Waals surface area contributed by atoms with Crippen LogP contribution in [0.5, 0.6) is 0 Å². The molecule has 3 unspecified atom stereocenters. The van der Waals surface area contributed by atoms with Gasteiger partial charge in [0, 0.05) is 10.0 Å². The van der Waals surface area contributed by atoms with E-state index in [9.17, 15) is 10.2 Å². The first-order valence-corrected chi connectivity index (χ1v) is 8.77. The second-order valence-corrected chi connectivity index (χ2v) is 7.09. The maximum atomic E-state index is 11.1. The molecule has 0 amide bonds. The van der Waals surface area contributed by atoms with Gasteiger partial charge in [-0.1, -0.05) is 49.5 Å². The van der Waals surface area contributed by atoms with Crippen LogP contribution in [0.4, 0.5) is 0 Å². The number of benzene rings is 1. The van der Waals surface area contributed by atoms with Gasteiger partial charge in [0.05, 0.1) is 24.7 Å². The van der Waals surface area contributed by atoms with Crippen molar-refractivity contribution in [3.05, 3.63) is 46.5 Å². The van der Waals surface area contributed by atoms with Gasteiger partial charge in [-0.2, -0.15) is 5.10 Å². The number of aromatic nitrogens is 3. The van der Waals surface area contributed by atoms with Crippen LogP contribution in [0.15, 0.2) is 30.9 Å². The van der Waals surface area contributed by atoms with E-state index in [0.29, 0.717) is 15.6 Å². The second kappa shape index (κ2) is 8.30. The van der Waals surface area contributed by atoms with Crippen LogP contribution in [0.1, 0.15) is 32.3 Å². The molecule has 0 saturated heterocycles. The van der Waals surface area contributed by atoms with Crippen LogP contribution in [0, 0.1) is 5.92 Å². The Morgan fingerprint density at radius 3 is 2.62 bits per heavy atom. The fourth-order valence-electron chi connectivity index (χ4n) is 3.22. The van der Waals surface area contributed by atoms with E-state index in [0.717, 1.165) is 12.8 Å². The number of rotatable bonds is 8. The van der Waals surface area contributed by atoms with Gasteiger partial charge >= 0.3 is 0 Å². The minimum atomic E-state index is -0.996. The van der Waals surface area contributed by atoms with Crippen molar-refractivity contribution < 1.29 is 10.2 Å². The average Bonchev–Trinajstić information content (AvgIpc) is 3.05. The van der Waals surface area contributed by atoms with Crippen LogP contribution < -0.4 is 0 Å². The number of hydrogen-bond acceptors (Lipinski definition) is 4. The van der Waals surface area contributed by atoms with E-state index in [1.807, 2.05) is 6.92 Å². The molecule has 0 radical (unpaired) electrons. The first-order valence-electron chi connectivity index (χ1n) is 8.01. The summed E-state index contributed by atoms with van der Waals surface area (Å²) in [4.78, 5) is 3.95. The molecule has 1 aromatic heterocycles. The van der Waals surface area contributed by atoms with Gasteiger partial charge in [-0.25, -0.2) is 4.98 Å². The SMILES string of the molecule is CCCC(C)C(O)C(CO)(Cn1cncn1)c1ccc(Cl)cc1Cl. The average molecular weight is 372 g/mol. The fourth-order valence-corrected chi connectivity index (χ4v) is 3.82. The number of hydrogen-bond donors (Lipinski definition) is 2. The van der Waals surface area contributed by atoms with Gasteiger partial charge in [0.1, 0.15) is 12.7 Å². The molecule has 0 aliphatic heterocycles. The zero-order valence-corrected chi connectivity index (χ0v) is 15.4. The molecule has 5 nitrogen and oxygen atoms in total. The fraction of sp³-hybridized carbons (Fsp3) is 0.529. The highest BCUT2D eigenvalue weighted by Crippen LogP contribution is 2.39. The summed E-state index contributed by atoms with van der Waals surface area (Å²) in [6, 6.07) is 5.10. The monoisotopic (exact) mass is 371 g/mol. The number of halogens is 2. The van der Waals surface area contributed by atoms with Crippen LogP contribution in [0.3, 0.4) is 0 Å². The minimum absolute atomic E-state index is 0.0163. The summed E-state index contributed by atoms with van der Waals surface area (Å²) < 4.78 is 1.60. The smallest absolute Gasteiger partial charge is 0.137 e. The Morgan fingerprint density at radius 1 is 1.33 bits per heavy atom. The first kappa shape index (κ1) is 19.2. The van der Waals surface area contributed by atoms with E-state index in [1.165, 1.54) is 6.33 Å². The molecule has 2 aromatic rings. The van der Waals surface area contributed by atoms with E-state index in [4.69, 9.17) is 23.2 Å². The third-order valence-electron chi connectivity index (χ3n) is 4.51. The van der Waals surface area contributed by atoms with Crippen molar-refractivity contribution in [1.82, 2.24) is 14.8 Å². The summed E-state index contributed by atoms with van der Waals surface area (Å²) in [6.07, 6.45) is 3.97. The lowest BCUT2D eigenvalue weighted by atomic mass is 9.71. The standard InChI is InChI=1S/C17H23Cl2N3O2/c1-3-4-12(2)16(24)17(9-23,8-22-11-20-10-21-22)14-6-5-13(18)7-15(14)19/h5-7,10-12,16,23-24H,3-4,8-9H2,1-2H3. The zero-order valence-electron chi connectivity index (χ0n) is 13.9. The van der Waals surface area contributed by atoms with Gasteiger partial charge < -0.3 is 10.2 Å². The van der Waals surface area contributed by atoms with E-state index >= 15 is 0 Å². The third-order valence-corrected chi connectivity index (χ3v) is 5.06. The topological polar surface area (TPSA) is 71.2 Å². The van der Waals surface area contributed by atoms with Crippen molar-refractivity contribution in [1.29, 1.82) is 0 Å². The molecule has 0 spiro atoms. The summed E-state index contributed by atoms with van der Waals surface area (Å²) in [7, 11) is 0. The molecule has 0 aliphatic rings. The summed E-state index contributed by atoms with van der Waals surface area (Å²) in [5.41, 5.74) is -0.341. The third kappa shape index (κ3) is 3.91. The molecule has 0 bridgehead atoms. The van der Waals surface area contributed by atoms with Crippen LogP contribution in [0.2, 0.25) is 10.0 Å². The van der Waals surface area contributed by atoms with Crippen LogP contribution in [0.25, 0.3) is 0 Å². The van der Waals surface area contributed by atoms with Crippen molar-refractivity contribution in [3.63, 3.8) is 0 Å². The maximum Gasteiger partial charge on any atom is 0.137 e. The molecule has 1 heterocycles. The van der Waals surface area contributed by atoms with Gasteiger partial charge in [-0.05, 0) is 30.0 Å². The molecule has 7 heteroatoms. The Morgan fingerprint density at radius 2 is 2.08 bits per heavy atom. The Kier molecular flexibility index (Phi) is 6.63. The van der Waals surface area contributed by atoms with Crippen LogP contribution >= 0.6 is 23.2 Å². The van der Waals surface area contributed by atoms with Gasteiger partial charge in [-0.3, -0.25) is 4.68 Å². The first-order chi connectivity index (χ1) is 11.4. The molecular weight excluding hydrogens is 349 g/mol. The van der Waals surface area contributed by atoms with E-state index in [1.54, 1.807) is 29.2 Å².